The van der Waals surface area contributed by atoms with Gasteiger partial charge in [0.2, 0.25) is 0 Å². The summed E-state index contributed by atoms with van der Waals surface area (Å²) in [6.07, 6.45) is 3.59. The lowest BCUT2D eigenvalue weighted by Gasteiger charge is -2.39. The second-order valence-electron chi connectivity index (χ2n) is 4.63. The van der Waals surface area contributed by atoms with Crippen molar-refractivity contribution < 1.29 is 4.74 Å². The first-order valence-corrected chi connectivity index (χ1v) is 6.61. The zero-order valence-corrected chi connectivity index (χ0v) is 11.5. The number of methoxy groups -OCH3 is 1. The molecule has 0 amide bonds. The number of ether oxygens (including phenoxy) is 1. The van der Waals surface area contributed by atoms with Crippen LogP contribution in [0.3, 0.4) is 0 Å². The second-order valence-corrected chi connectivity index (χ2v) is 5.02. The van der Waals surface area contributed by atoms with Gasteiger partial charge in [0.25, 0.3) is 0 Å². The third kappa shape index (κ3) is 3.91. The fourth-order valence-corrected chi connectivity index (χ4v) is 2.50. The molecule has 1 saturated heterocycles. The van der Waals surface area contributed by atoms with E-state index in [-0.39, 0.29) is 0 Å². The average Bonchev–Trinajstić information content (AvgIpc) is 2.28. The molecule has 3 nitrogen and oxygen atoms in total. The van der Waals surface area contributed by atoms with Gasteiger partial charge in [0.15, 0.2) is 5.11 Å². The number of thiocarbonyl (C=S) groups is 1. The van der Waals surface area contributed by atoms with Crippen LogP contribution in [-0.2, 0) is 4.74 Å². The van der Waals surface area contributed by atoms with E-state index >= 15 is 0 Å². The van der Waals surface area contributed by atoms with Crippen molar-refractivity contribution in [3.63, 3.8) is 0 Å². The maximum absolute atomic E-state index is 5.43. The van der Waals surface area contributed by atoms with E-state index in [9.17, 15) is 0 Å². The molecule has 1 rings (SSSR count). The Morgan fingerprint density at radius 2 is 2.25 bits per heavy atom. The molecular formula is C12H24N2OS. The molecular weight excluding hydrogens is 220 g/mol. The molecule has 1 fully saturated rings. The summed E-state index contributed by atoms with van der Waals surface area (Å²) in [7, 11) is 1.73. The van der Waals surface area contributed by atoms with Crippen molar-refractivity contribution in [2.75, 3.05) is 26.8 Å². The molecule has 16 heavy (non-hydrogen) atoms. The van der Waals surface area contributed by atoms with Gasteiger partial charge in [0.05, 0.1) is 0 Å². The molecule has 1 N–H and O–H groups in total. The number of nitrogens with one attached hydrogen (secondary N) is 1. The monoisotopic (exact) mass is 244 g/mol. The summed E-state index contributed by atoms with van der Waals surface area (Å²) in [6.45, 7) is 7.38. The van der Waals surface area contributed by atoms with E-state index in [4.69, 9.17) is 17.0 Å². The van der Waals surface area contributed by atoms with Crippen LogP contribution in [0.25, 0.3) is 0 Å². The predicted molar refractivity (Wildman–Crippen MR) is 71.7 cm³/mol. The molecule has 1 aliphatic rings. The van der Waals surface area contributed by atoms with Crippen LogP contribution in [0.15, 0.2) is 0 Å². The largest absolute Gasteiger partial charge is 0.385 e. The first kappa shape index (κ1) is 13.7. The van der Waals surface area contributed by atoms with E-state index in [1.54, 1.807) is 7.11 Å². The Kier molecular flexibility index (Phi) is 6.06. The zero-order valence-electron chi connectivity index (χ0n) is 10.7. The smallest absolute Gasteiger partial charge is 0.169 e. The summed E-state index contributed by atoms with van der Waals surface area (Å²) in [6, 6.07) is 0.566. The quantitative estimate of drug-likeness (QED) is 0.604. The molecule has 0 saturated carbocycles. The summed E-state index contributed by atoms with van der Waals surface area (Å²) < 4.78 is 5.01. The van der Waals surface area contributed by atoms with E-state index in [1.165, 1.54) is 12.8 Å². The Labute approximate surface area is 105 Å². The molecule has 0 radical (unpaired) electrons. The van der Waals surface area contributed by atoms with Crippen molar-refractivity contribution in [3.8, 4) is 0 Å². The van der Waals surface area contributed by atoms with E-state index < -0.39 is 0 Å². The predicted octanol–water partition coefficient (Wildman–Crippen LogP) is 2.02. The van der Waals surface area contributed by atoms with Gasteiger partial charge in [-0.1, -0.05) is 6.92 Å². The van der Waals surface area contributed by atoms with Gasteiger partial charge < -0.3 is 15.0 Å². The van der Waals surface area contributed by atoms with Crippen LogP contribution < -0.4 is 5.32 Å². The van der Waals surface area contributed by atoms with Crippen molar-refractivity contribution in [1.29, 1.82) is 0 Å². The Morgan fingerprint density at radius 1 is 1.50 bits per heavy atom. The molecule has 0 aliphatic carbocycles. The van der Waals surface area contributed by atoms with Gasteiger partial charge >= 0.3 is 0 Å². The van der Waals surface area contributed by atoms with Gasteiger partial charge in [-0.05, 0) is 44.3 Å². The molecule has 0 aromatic rings. The number of likely N-dealkylation sites (tertiary alicyclic amines) is 1. The van der Waals surface area contributed by atoms with Gasteiger partial charge in [0, 0.05) is 32.8 Å². The van der Waals surface area contributed by atoms with Gasteiger partial charge in [0.1, 0.15) is 0 Å². The number of piperidine rings is 1. The van der Waals surface area contributed by atoms with Crippen LogP contribution in [-0.4, -0.2) is 42.9 Å². The summed E-state index contributed by atoms with van der Waals surface area (Å²) >= 11 is 5.43. The average molecular weight is 244 g/mol. The third-order valence-electron chi connectivity index (χ3n) is 3.44. The highest BCUT2D eigenvalue weighted by Crippen LogP contribution is 2.22. The standard InChI is InChI=1S/C12H24N2OS/c1-10-6-4-8-14(11(10)2)12(16)13-7-5-9-15-3/h10-11H,4-9H2,1-3H3,(H,13,16). The first-order valence-electron chi connectivity index (χ1n) is 6.20. The van der Waals surface area contributed by atoms with E-state index in [0.29, 0.717) is 6.04 Å². The molecule has 94 valence electrons. The minimum Gasteiger partial charge on any atom is -0.385 e. The minimum atomic E-state index is 0.566. The Morgan fingerprint density at radius 3 is 2.94 bits per heavy atom. The molecule has 1 heterocycles. The molecule has 0 aromatic heterocycles. The second kappa shape index (κ2) is 7.07. The van der Waals surface area contributed by atoms with Gasteiger partial charge in [-0.25, -0.2) is 0 Å². The number of hydrogen-bond donors (Lipinski definition) is 1. The SMILES string of the molecule is COCCCNC(=S)N1CCCC(C)C1C. The summed E-state index contributed by atoms with van der Waals surface area (Å²) in [5.74, 6) is 0.743. The van der Waals surface area contributed by atoms with Crippen LogP contribution in [0.2, 0.25) is 0 Å². The molecule has 2 atom stereocenters. The lowest BCUT2D eigenvalue weighted by molar-refractivity contribution is 0.185. The highest BCUT2D eigenvalue weighted by molar-refractivity contribution is 7.80. The van der Waals surface area contributed by atoms with Crippen molar-refractivity contribution >= 4 is 17.3 Å². The van der Waals surface area contributed by atoms with E-state index in [0.717, 1.165) is 37.1 Å². The van der Waals surface area contributed by atoms with Gasteiger partial charge in [-0.3, -0.25) is 0 Å². The van der Waals surface area contributed by atoms with Crippen molar-refractivity contribution in [3.05, 3.63) is 0 Å². The van der Waals surface area contributed by atoms with E-state index in [2.05, 4.69) is 24.1 Å². The fourth-order valence-electron chi connectivity index (χ4n) is 2.14. The van der Waals surface area contributed by atoms with Crippen LogP contribution >= 0.6 is 12.2 Å². The number of nitrogens with zero attached hydrogens (tertiary/aromatic N) is 1. The van der Waals surface area contributed by atoms with Crippen molar-refractivity contribution in [1.82, 2.24) is 10.2 Å². The highest BCUT2D eigenvalue weighted by Gasteiger charge is 2.25. The Hall–Kier alpha value is -0.350. The summed E-state index contributed by atoms with van der Waals surface area (Å²) in [4.78, 5) is 2.33. The molecule has 0 aromatic carbocycles. The van der Waals surface area contributed by atoms with E-state index in [1.807, 2.05) is 0 Å². The Bertz CT molecular complexity index is 223. The minimum absolute atomic E-state index is 0.566. The van der Waals surface area contributed by atoms with Gasteiger partial charge in [-0.2, -0.15) is 0 Å². The first-order chi connectivity index (χ1) is 7.66. The topological polar surface area (TPSA) is 24.5 Å². The van der Waals surface area contributed by atoms with Gasteiger partial charge in [-0.15, -0.1) is 0 Å². The van der Waals surface area contributed by atoms with Crippen LogP contribution in [0.1, 0.15) is 33.1 Å². The Balaban J connectivity index is 2.29. The molecule has 0 bridgehead atoms. The molecule has 4 heteroatoms. The summed E-state index contributed by atoms with van der Waals surface area (Å²) in [5.41, 5.74) is 0. The van der Waals surface area contributed by atoms with Crippen molar-refractivity contribution in [2.45, 2.75) is 39.2 Å². The fraction of sp³-hybridized carbons (Fsp3) is 0.917. The molecule has 1 aliphatic heterocycles. The summed E-state index contributed by atoms with van der Waals surface area (Å²) in [5, 5.41) is 4.23. The van der Waals surface area contributed by atoms with Crippen LogP contribution in [0.5, 0.6) is 0 Å². The third-order valence-corrected chi connectivity index (χ3v) is 3.81. The van der Waals surface area contributed by atoms with Crippen LogP contribution in [0, 0.1) is 5.92 Å². The number of rotatable bonds is 4. The normalized spacial score (nSPS) is 25.6. The van der Waals surface area contributed by atoms with Crippen LogP contribution in [0.4, 0.5) is 0 Å². The lowest BCUT2D eigenvalue weighted by Crippen LogP contribution is -2.50. The molecule has 0 spiro atoms. The zero-order chi connectivity index (χ0) is 12.0. The lowest BCUT2D eigenvalue weighted by atomic mass is 9.92. The maximum atomic E-state index is 5.43. The molecule has 2 unspecified atom stereocenters. The number of hydrogen-bond acceptors (Lipinski definition) is 2. The van der Waals surface area contributed by atoms with Crippen molar-refractivity contribution in [2.24, 2.45) is 5.92 Å². The maximum Gasteiger partial charge on any atom is 0.169 e. The highest BCUT2D eigenvalue weighted by atomic mass is 32.1.